The number of nitrogens with zero attached hydrogens (tertiary/aromatic N) is 2. The van der Waals surface area contributed by atoms with Gasteiger partial charge in [-0.25, -0.2) is 4.79 Å². The maximum Gasteiger partial charge on any atom is 0.314 e. The molecule has 3 rings (SSSR count). The molecule has 26 heavy (non-hydrogen) atoms. The van der Waals surface area contributed by atoms with E-state index in [0.717, 1.165) is 28.9 Å². The minimum atomic E-state index is -0.180. The molecule has 0 bridgehead atoms. The zero-order chi connectivity index (χ0) is 18.2. The summed E-state index contributed by atoms with van der Waals surface area (Å²) in [5.41, 5.74) is 3.12. The summed E-state index contributed by atoms with van der Waals surface area (Å²) >= 11 is 0. The van der Waals surface area contributed by atoms with Crippen LogP contribution in [0.15, 0.2) is 59.7 Å². The highest BCUT2D eigenvalue weighted by Gasteiger charge is 2.04. The lowest BCUT2D eigenvalue weighted by atomic mass is 10.1. The van der Waals surface area contributed by atoms with Crippen molar-refractivity contribution in [3.05, 3.63) is 60.8 Å². The number of carbonyl (C=O) groups excluding carboxylic acids is 1. The third kappa shape index (κ3) is 4.89. The number of rotatable bonds is 8. The van der Waals surface area contributed by atoms with Gasteiger partial charge in [-0.15, -0.1) is 0 Å². The predicted molar refractivity (Wildman–Crippen MR) is 98.0 cm³/mol. The van der Waals surface area contributed by atoms with Crippen molar-refractivity contribution in [1.29, 1.82) is 0 Å². The molecule has 2 amide bonds. The number of aromatic nitrogens is 2. The van der Waals surface area contributed by atoms with Crippen molar-refractivity contribution in [2.75, 3.05) is 20.2 Å². The number of carbonyl (C=O) groups is 1. The van der Waals surface area contributed by atoms with Crippen molar-refractivity contribution in [3.63, 3.8) is 0 Å². The number of nitrogens with one attached hydrogen (secondary N) is 2. The molecule has 7 nitrogen and oxygen atoms in total. The van der Waals surface area contributed by atoms with Crippen molar-refractivity contribution in [1.82, 2.24) is 20.4 Å². The fourth-order valence-electron chi connectivity index (χ4n) is 2.52. The molecule has 0 saturated heterocycles. The Kier molecular flexibility index (Phi) is 5.92. The highest BCUT2D eigenvalue weighted by atomic mass is 16.5. The molecule has 1 aromatic carbocycles. The average molecular weight is 354 g/mol. The third-order valence-corrected chi connectivity index (χ3v) is 3.97. The highest BCUT2D eigenvalue weighted by Crippen LogP contribution is 2.18. The molecule has 0 aliphatic heterocycles. The van der Waals surface area contributed by atoms with Crippen LogP contribution in [0.1, 0.15) is 5.56 Å². The number of methoxy groups -OCH3 is 1. The molecule has 0 saturated carbocycles. The molecule has 7 heteroatoms. The smallest absolute Gasteiger partial charge is 0.314 e. The van der Waals surface area contributed by atoms with Gasteiger partial charge in [0.1, 0.15) is 5.75 Å². The highest BCUT2D eigenvalue weighted by molar-refractivity contribution is 5.73. The lowest BCUT2D eigenvalue weighted by Gasteiger charge is -2.08. The second-order valence-corrected chi connectivity index (χ2v) is 5.78. The first kappa shape index (κ1) is 17.6. The van der Waals surface area contributed by atoms with Crippen molar-refractivity contribution >= 4 is 6.03 Å². The Morgan fingerprint density at radius 3 is 2.69 bits per heavy atom. The van der Waals surface area contributed by atoms with Gasteiger partial charge < -0.3 is 19.8 Å². The lowest BCUT2D eigenvalue weighted by Crippen LogP contribution is -2.38. The van der Waals surface area contributed by atoms with Gasteiger partial charge in [-0.3, -0.25) is 4.68 Å². The zero-order valence-corrected chi connectivity index (χ0v) is 14.6. The Morgan fingerprint density at radius 1 is 1.15 bits per heavy atom. The van der Waals surface area contributed by atoms with Gasteiger partial charge in [0, 0.05) is 30.4 Å². The summed E-state index contributed by atoms with van der Waals surface area (Å²) in [6, 6.07) is 9.52. The monoisotopic (exact) mass is 354 g/mol. The summed E-state index contributed by atoms with van der Waals surface area (Å²) in [6.45, 7) is 1.68. The van der Waals surface area contributed by atoms with Crippen LogP contribution in [0, 0.1) is 0 Å². The van der Waals surface area contributed by atoms with E-state index in [0.29, 0.717) is 19.6 Å². The van der Waals surface area contributed by atoms with Crippen LogP contribution in [0.3, 0.4) is 0 Å². The maximum absolute atomic E-state index is 11.8. The quantitative estimate of drug-likeness (QED) is 0.652. The molecule has 0 aliphatic rings. The first-order valence-corrected chi connectivity index (χ1v) is 8.44. The standard InChI is InChI=1S/C19H22N4O3/c1-25-18-4-2-15(3-5-18)6-8-20-19(24)21-9-10-23-13-17(12-22-23)16-7-11-26-14-16/h2-5,7,11-14H,6,8-10H2,1H3,(H2,20,21,24). The Morgan fingerprint density at radius 2 is 1.96 bits per heavy atom. The van der Waals surface area contributed by atoms with Crippen LogP contribution in [0.4, 0.5) is 4.79 Å². The van der Waals surface area contributed by atoms with Crippen molar-refractivity contribution in [3.8, 4) is 16.9 Å². The average Bonchev–Trinajstić information content (AvgIpc) is 3.34. The van der Waals surface area contributed by atoms with Crippen LogP contribution in [-0.4, -0.2) is 36.0 Å². The molecule has 0 atom stereocenters. The van der Waals surface area contributed by atoms with Gasteiger partial charge in [-0.05, 0) is 30.2 Å². The molecule has 0 unspecified atom stereocenters. The fraction of sp³-hybridized carbons (Fsp3) is 0.263. The molecule has 0 radical (unpaired) electrons. The SMILES string of the molecule is COc1ccc(CCNC(=O)NCCn2cc(-c3ccoc3)cn2)cc1. The number of hydrogen-bond donors (Lipinski definition) is 2. The molecule has 2 aromatic heterocycles. The summed E-state index contributed by atoms with van der Waals surface area (Å²) in [7, 11) is 1.64. The van der Waals surface area contributed by atoms with Crippen LogP contribution >= 0.6 is 0 Å². The normalized spacial score (nSPS) is 10.5. The summed E-state index contributed by atoms with van der Waals surface area (Å²) < 4.78 is 12.0. The van der Waals surface area contributed by atoms with Gasteiger partial charge in [-0.2, -0.15) is 5.10 Å². The van der Waals surface area contributed by atoms with Crippen molar-refractivity contribution in [2.24, 2.45) is 0 Å². The summed E-state index contributed by atoms with van der Waals surface area (Å²) in [5, 5.41) is 9.96. The largest absolute Gasteiger partial charge is 0.497 e. The van der Waals surface area contributed by atoms with Crippen LogP contribution in [-0.2, 0) is 13.0 Å². The number of hydrogen-bond acceptors (Lipinski definition) is 4. The minimum absolute atomic E-state index is 0.180. The Labute approximate surface area is 152 Å². The number of furan rings is 1. The van der Waals surface area contributed by atoms with Gasteiger partial charge in [0.15, 0.2) is 0 Å². The van der Waals surface area contributed by atoms with Gasteiger partial charge in [-0.1, -0.05) is 12.1 Å². The van der Waals surface area contributed by atoms with E-state index in [1.54, 1.807) is 30.5 Å². The number of benzene rings is 1. The molecular weight excluding hydrogens is 332 g/mol. The Balaban J connectivity index is 1.34. The molecule has 0 fully saturated rings. The van der Waals surface area contributed by atoms with E-state index in [4.69, 9.17) is 9.15 Å². The molecule has 3 aromatic rings. The van der Waals surface area contributed by atoms with E-state index < -0.39 is 0 Å². The summed E-state index contributed by atoms with van der Waals surface area (Å²) in [6.07, 6.45) is 7.78. The van der Waals surface area contributed by atoms with Gasteiger partial charge in [0.2, 0.25) is 0 Å². The first-order valence-electron chi connectivity index (χ1n) is 8.44. The molecule has 0 spiro atoms. The van der Waals surface area contributed by atoms with Crippen LogP contribution in [0.5, 0.6) is 5.75 Å². The zero-order valence-electron chi connectivity index (χ0n) is 14.6. The molecule has 2 heterocycles. The summed E-state index contributed by atoms with van der Waals surface area (Å²) in [4.78, 5) is 11.8. The van der Waals surface area contributed by atoms with Gasteiger partial charge in [0.25, 0.3) is 0 Å². The molecular formula is C19H22N4O3. The van der Waals surface area contributed by atoms with Crippen molar-refractivity contribution < 1.29 is 13.9 Å². The number of urea groups is 1. The topological polar surface area (TPSA) is 81.3 Å². The van der Waals surface area contributed by atoms with E-state index in [1.807, 2.05) is 36.5 Å². The second kappa shape index (κ2) is 8.75. The maximum atomic E-state index is 11.8. The van der Waals surface area contributed by atoms with Crippen LogP contribution in [0.25, 0.3) is 11.1 Å². The summed E-state index contributed by atoms with van der Waals surface area (Å²) in [5.74, 6) is 0.828. The van der Waals surface area contributed by atoms with E-state index in [2.05, 4.69) is 15.7 Å². The van der Waals surface area contributed by atoms with Gasteiger partial charge >= 0.3 is 6.03 Å². The van der Waals surface area contributed by atoms with Crippen LogP contribution < -0.4 is 15.4 Å². The van der Waals surface area contributed by atoms with E-state index in [9.17, 15) is 4.79 Å². The molecule has 2 N–H and O–H groups in total. The molecule has 136 valence electrons. The van der Waals surface area contributed by atoms with E-state index >= 15 is 0 Å². The van der Waals surface area contributed by atoms with E-state index in [1.165, 1.54) is 0 Å². The second-order valence-electron chi connectivity index (χ2n) is 5.78. The Hall–Kier alpha value is -3.22. The minimum Gasteiger partial charge on any atom is -0.497 e. The first-order chi connectivity index (χ1) is 12.7. The Bertz CT molecular complexity index is 810. The fourth-order valence-corrected chi connectivity index (χ4v) is 2.52. The van der Waals surface area contributed by atoms with Gasteiger partial charge in [0.05, 0.1) is 32.4 Å². The number of amides is 2. The van der Waals surface area contributed by atoms with Crippen LogP contribution in [0.2, 0.25) is 0 Å². The van der Waals surface area contributed by atoms with Crippen molar-refractivity contribution in [2.45, 2.75) is 13.0 Å². The third-order valence-electron chi connectivity index (χ3n) is 3.97. The van der Waals surface area contributed by atoms with E-state index in [-0.39, 0.29) is 6.03 Å². The predicted octanol–water partition coefficient (Wildman–Crippen LogP) is 2.69. The number of ether oxygens (including phenoxy) is 1. The molecule has 0 aliphatic carbocycles. The lowest BCUT2D eigenvalue weighted by molar-refractivity contribution is 0.240.